The normalized spacial score (nSPS) is 12.4. The molecule has 1 unspecified atom stereocenters. The molecular formula is C14H15BrN2O. The van der Waals surface area contributed by atoms with E-state index in [9.17, 15) is 4.79 Å². The maximum absolute atomic E-state index is 12.4. The summed E-state index contributed by atoms with van der Waals surface area (Å²) >= 11 is 3.46. The average molecular weight is 307 g/mol. The molecule has 0 spiro atoms. The van der Waals surface area contributed by atoms with Crippen molar-refractivity contribution in [3.63, 3.8) is 0 Å². The highest BCUT2D eigenvalue weighted by Crippen LogP contribution is 2.17. The minimum atomic E-state index is 0.00519. The monoisotopic (exact) mass is 306 g/mol. The zero-order valence-electron chi connectivity index (χ0n) is 10.4. The number of para-hydroxylation sites is 1. The molecule has 1 aromatic carbocycles. The Balaban J connectivity index is 2.39. The van der Waals surface area contributed by atoms with E-state index in [0.717, 1.165) is 10.9 Å². The van der Waals surface area contributed by atoms with Crippen LogP contribution < -0.4 is 0 Å². The highest BCUT2D eigenvalue weighted by atomic mass is 79.9. The number of pyridine rings is 1. The number of hydrogen-bond donors (Lipinski definition) is 0. The number of carbonyl (C=O) groups excluding carboxylic acids is 1. The summed E-state index contributed by atoms with van der Waals surface area (Å²) in [6.45, 7) is 2.69. The van der Waals surface area contributed by atoms with E-state index in [1.165, 1.54) is 0 Å². The van der Waals surface area contributed by atoms with E-state index in [1.807, 2.05) is 44.3 Å². The van der Waals surface area contributed by atoms with Gasteiger partial charge >= 0.3 is 0 Å². The van der Waals surface area contributed by atoms with Crippen molar-refractivity contribution in [1.29, 1.82) is 0 Å². The van der Waals surface area contributed by atoms with Gasteiger partial charge in [0.15, 0.2) is 0 Å². The van der Waals surface area contributed by atoms with Gasteiger partial charge < -0.3 is 4.90 Å². The van der Waals surface area contributed by atoms with Crippen LogP contribution in [0.5, 0.6) is 0 Å². The smallest absolute Gasteiger partial charge is 0.255 e. The van der Waals surface area contributed by atoms with Crippen LogP contribution in [0.3, 0.4) is 0 Å². The molecule has 18 heavy (non-hydrogen) atoms. The summed E-state index contributed by atoms with van der Waals surface area (Å²) in [5, 5.41) is 0.989. The number of carbonyl (C=O) groups is 1. The molecule has 0 aliphatic heterocycles. The first-order valence-corrected chi connectivity index (χ1v) is 6.74. The van der Waals surface area contributed by atoms with Gasteiger partial charge in [-0.1, -0.05) is 41.1 Å². The van der Waals surface area contributed by atoms with Crippen LogP contribution in [0, 0.1) is 0 Å². The van der Waals surface area contributed by atoms with Crippen LogP contribution in [0.1, 0.15) is 17.3 Å². The van der Waals surface area contributed by atoms with E-state index in [0.29, 0.717) is 12.1 Å². The first-order valence-electron chi connectivity index (χ1n) is 5.83. The first-order chi connectivity index (χ1) is 8.59. The molecule has 0 saturated heterocycles. The number of benzene rings is 1. The van der Waals surface area contributed by atoms with Crippen molar-refractivity contribution in [3.05, 3.63) is 42.1 Å². The molecule has 4 heteroatoms. The molecule has 0 bridgehead atoms. The van der Waals surface area contributed by atoms with E-state index in [4.69, 9.17) is 0 Å². The second kappa shape index (κ2) is 5.48. The number of halogens is 1. The van der Waals surface area contributed by atoms with Crippen LogP contribution in [-0.4, -0.2) is 34.2 Å². The van der Waals surface area contributed by atoms with Crippen molar-refractivity contribution in [2.75, 3.05) is 13.6 Å². The Bertz CT molecular complexity index is 563. The Morgan fingerprint density at radius 1 is 1.39 bits per heavy atom. The largest absolute Gasteiger partial charge is 0.341 e. The maximum atomic E-state index is 12.4. The van der Waals surface area contributed by atoms with Gasteiger partial charge in [-0.15, -0.1) is 0 Å². The fourth-order valence-corrected chi connectivity index (χ4v) is 2.38. The molecule has 1 heterocycles. The molecular weight excluding hydrogens is 292 g/mol. The van der Waals surface area contributed by atoms with Gasteiger partial charge in [-0.3, -0.25) is 9.78 Å². The van der Waals surface area contributed by atoms with E-state index >= 15 is 0 Å². The van der Waals surface area contributed by atoms with Crippen molar-refractivity contribution >= 4 is 32.7 Å². The van der Waals surface area contributed by atoms with Gasteiger partial charge in [-0.2, -0.15) is 0 Å². The third-order valence-electron chi connectivity index (χ3n) is 2.74. The Morgan fingerprint density at radius 2 is 2.11 bits per heavy atom. The third-order valence-corrected chi connectivity index (χ3v) is 3.02. The lowest BCUT2D eigenvalue weighted by Gasteiger charge is -2.19. The highest BCUT2D eigenvalue weighted by Gasteiger charge is 2.16. The number of nitrogens with zero attached hydrogens (tertiary/aromatic N) is 2. The maximum Gasteiger partial charge on any atom is 0.255 e. The van der Waals surface area contributed by atoms with Gasteiger partial charge in [0.1, 0.15) is 0 Å². The summed E-state index contributed by atoms with van der Waals surface area (Å²) in [6, 6.07) is 9.52. The van der Waals surface area contributed by atoms with Gasteiger partial charge in [-0.25, -0.2) is 0 Å². The highest BCUT2D eigenvalue weighted by molar-refractivity contribution is 9.09. The predicted molar refractivity (Wildman–Crippen MR) is 77.1 cm³/mol. The van der Waals surface area contributed by atoms with Crippen LogP contribution in [-0.2, 0) is 0 Å². The molecule has 94 valence electrons. The van der Waals surface area contributed by atoms with Crippen molar-refractivity contribution in [3.8, 4) is 0 Å². The Hall–Kier alpha value is -1.42. The SMILES string of the molecule is CC(Br)CN(C)C(=O)c1cccc2cccnc12. The number of rotatable bonds is 3. The van der Waals surface area contributed by atoms with E-state index < -0.39 is 0 Å². The molecule has 1 aromatic heterocycles. The molecule has 0 aliphatic rings. The summed E-state index contributed by atoms with van der Waals surface area (Å²) in [4.78, 5) is 18.6. The standard InChI is InChI=1S/C14H15BrN2O/c1-10(15)9-17(2)14(18)12-7-3-5-11-6-4-8-16-13(11)12/h3-8,10H,9H2,1-2H3. The minimum Gasteiger partial charge on any atom is -0.341 e. The van der Waals surface area contributed by atoms with Gasteiger partial charge in [-0.05, 0) is 12.1 Å². The molecule has 1 atom stereocenters. The van der Waals surface area contributed by atoms with Gasteiger partial charge in [0.05, 0.1) is 11.1 Å². The summed E-state index contributed by atoms with van der Waals surface area (Å²) in [5.74, 6) is 0.00519. The Morgan fingerprint density at radius 3 is 2.83 bits per heavy atom. The fourth-order valence-electron chi connectivity index (χ4n) is 1.94. The average Bonchev–Trinajstić information content (AvgIpc) is 2.36. The molecule has 0 fully saturated rings. The fraction of sp³-hybridized carbons (Fsp3) is 0.286. The molecule has 0 N–H and O–H groups in total. The Kier molecular flexibility index (Phi) is 3.97. The van der Waals surface area contributed by atoms with E-state index in [2.05, 4.69) is 20.9 Å². The number of alkyl halides is 1. The summed E-state index contributed by atoms with van der Waals surface area (Å²) in [7, 11) is 1.81. The lowest BCUT2D eigenvalue weighted by Crippen LogP contribution is -2.31. The van der Waals surface area contributed by atoms with Crippen molar-refractivity contribution < 1.29 is 4.79 Å². The summed E-state index contributed by atoms with van der Waals surface area (Å²) in [5.41, 5.74) is 1.42. The number of fused-ring (bicyclic) bond motifs is 1. The topological polar surface area (TPSA) is 33.2 Å². The second-order valence-electron chi connectivity index (χ2n) is 4.35. The molecule has 3 nitrogen and oxygen atoms in total. The molecule has 0 saturated carbocycles. The van der Waals surface area contributed by atoms with Crippen LogP contribution in [0.15, 0.2) is 36.5 Å². The van der Waals surface area contributed by atoms with Crippen LogP contribution in [0.4, 0.5) is 0 Å². The molecule has 2 rings (SSSR count). The van der Waals surface area contributed by atoms with Gasteiger partial charge in [0.25, 0.3) is 5.91 Å². The quantitative estimate of drug-likeness (QED) is 0.816. The predicted octanol–water partition coefficient (Wildman–Crippen LogP) is 3.09. The molecule has 0 radical (unpaired) electrons. The number of hydrogen-bond acceptors (Lipinski definition) is 2. The minimum absolute atomic E-state index is 0.00519. The summed E-state index contributed by atoms with van der Waals surface area (Å²) in [6.07, 6.45) is 1.71. The molecule has 1 amide bonds. The molecule has 2 aromatic rings. The number of amides is 1. The summed E-state index contributed by atoms with van der Waals surface area (Å²) < 4.78 is 0. The second-order valence-corrected chi connectivity index (χ2v) is 5.91. The van der Waals surface area contributed by atoms with E-state index in [-0.39, 0.29) is 10.7 Å². The third kappa shape index (κ3) is 2.70. The van der Waals surface area contributed by atoms with Gasteiger partial charge in [0, 0.05) is 30.0 Å². The lowest BCUT2D eigenvalue weighted by atomic mass is 10.1. The first kappa shape index (κ1) is 13.0. The van der Waals surface area contributed by atoms with Crippen molar-refractivity contribution in [1.82, 2.24) is 9.88 Å². The van der Waals surface area contributed by atoms with Crippen LogP contribution >= 0.6 is 15.9 Å². The van der Waals surface area contributed by atoms with Crippen LogP contribution in [0.25, 0.3) is 10.9 Å². The lowest BCUT2D eigenvalue weighted by molar-refractivity contribution is 0.0799. The zero-order chi connectivity index (χ0) is 13.1. The van der Waals surface area contributed by atoms with Gasteiger partial charge in [0.2, 0.25) is 0 Å². The van der Waals surface area contributed by atoms with Crippen LogP contribution in [0.2, 0.25) is 0 Å². The van der Waals surface area contributed by atoms with E-state index in [1.54, 1.807) is 11.1 Å². The number of aromatic nitrogens is 1. The van der Waals surface area contributed by atoms with Crippen molar-refractivity contribution in [2.45, 2.75) is 11.8 Å². The molecule has 0 aliphatic carbocycles. The Labute approximate surface area is 115 Å². The zero-order valence-corrected chi connectivity index (χ0v) is 12.0. The van der Waals surface area contributed by atoms with Crippen molar-refractivity contribution in [2.24, 2.45) is 0 Å².